The number of rotatable bonds is 4. The van der Waals surface area contributed by atoms with Gasteiger partial charge in [-0.15, -0.1) is 23.2 Å². The molecule has 0 bridgehead atoms. The molecule has 0 N–H and O–H groups in total. The molecule has 0 aliphatic heterocycles. The first kappa shape index (κ1) is 12.2. The molecule has 0 fully saturated rings. The molecule has 0 radical (unpaired) electrons. The van der Waals surface area contributed by atoms with Gasteiger partial charge in [0.1, 0.15) is 0 Å². The summed E-state index contributed by atoms with van der Waals surface area (Å²) < 4.78 is 0. The third-order valence-corrected chi connectivity index (χ3v) is 3.15. The van der Waals surface area contributed by atoms with Crippen molar-refractivity contribution in [3.63, 3.8) is 0 Å². The van der Waals surface area contributed by atoms with E-state index >= 15 is 0 Å². The Bertz CT molecular complexity index is 139. The minimum Gasteiger partial charge on any atom is -0.296 e. The molecule has 0 spiro atoms. The topological polar surface area (TPSA) is 17.1 Å². The van der Waals surface area contributed by atoms with E-state index in [2.05, 4.69) is 0 Å². The highest BCUT2D eigenvalue weighted by molar-refractivity contribution is 6.40. The Hall–Kier alpha value is 0.250. The van der Waals surface area contributed by atoms with Crippen molar-refractivity contribution >= 4 is 29.0 Å². The van der Waals surface area contributed by atoms with Gasteiger partial charge in [0.2, 0.25) is 0 Å². The van der Waals surface area contributed by atoms with Crippen molar-refractivity contribution in [2.24, 2.45) is 11.8 Å². The van der Waals surface area contributed by atoms with Crippen molar-refractivity contribution in [3.8, 4) is 0 Å². The number of alkyl halides is 2. The lowest BCUT2D eigenvalue weighted by molar-refractivity contribution is -0.119. The summed E-state index contributed by atoms with van der Waals surface area (Å²) in [6.07, 6.45) is 0. The van der Waals surface area contributed by atoms with Crippen LogP contribution in [0.3, 0.4) is 0 Å². The fourth-order valence-corrected chi connectivity index (χ4v) is 1.15. The van der Waals surface area contributed by atoms with Crippen molar-refractivity contribution in [3.05, 3.63) is 0 Å². The number of hydrogen-bond donors (Lipinski definition) is 0. The highest BCUT2D eigenvalue weighted by Gasteiger charge is 2.27. The molecule has 0 aromatic carbocycles. The maximum atomic E-state index is 11.5. The van der Waals surface area contributed by atoms with Crippen LogP contribution < -0.4 is 0 Å². The first-order valence-corrected chi connectivity index (χ1v) is 5.07. The first-order chi connectivity index (χ1) is 5.37. The molecule has 3 heteroatoms. The van der Waals surface area contributed by atoms with Crippen LogP contribution in [-0.4, -0.2) is 16.5 Å². The highest BCUT2D eigenvalue weighted by atomic mass is 35.5. The summed E-state index contributed by atoms with van der Waals surface area (Å²) in [6.45, 7) is 7.66. The van der Waals surface area contributed by atoms with Gasteiger partial charge in [-0.2, -0.15) is 0 Å². The molecular formula is C9H16Cl2O. The summed E-state index contributed by atoms with van der Waals surface area (Å²) in [5, 5.41) is -0.898. The molecule has 0 saturated carbocycles. The van der Waals surface area contributed by atoms with Gasteiger partial charge in [0.25, 0.3) is 0 Å². The minimum absolute atomic E-state index is 0.0525. The van der Waals surface area contributed by atoms with Gasteiger partial charge in [0.15, 0.2) is 5.78 Å². The fraction of sp³-hybridized carbons (Fsp3) is 0.889. The second-order valence-corrected chi connectivity index (χ2v) is 4.63. The molecule has 0 amide bonds. The summed E-state index contributed by atoms with van der Waals surface area (Å²) in [5.74, 6) is 0.252. The molecule has 0 aliphatic carbocycles. The van der Waals surface area contributed by atoms with E-state index in [-0.39, 0.29) is 17.6 Å². The Morgan fingerprint density at radius 2 is 1.17 bits per heavy atom. The van der Waals surface area contributed by atoms with Gasteiger partial charge in [-0.3, -0.25) is 4.79 Å². The Labute approximate surface area is 84.4 Å². The molecule has 1 nitrogen and oxygen atoms in total. The fourth-order valence-electron chi connectivity index (χ4n) is 0.809. The average molecular weight is 211 g/mol. The minimum atomic E-state index is -0.449. The lowest BCUT2D eigenvalue weighted by atomic mass is 9.98. The maximum absolute atomic E-state index is 11.5. The molecule has 72 valence electrons. The van der Waals surface area contributed by atoms with E-state index in [4.69, 9.17) is 23.2 Å². The Kier molecular flexibility index (Phi) is 5.19. The van der Waals surface area contributed by atoms with Crippen molar-refractivity contribution in [1.82, 2.24) is 0 Å². The van der Waals surface area contributed by atoms with Crippen LogP contribution in [0.2, 0.25) is 0 Å². The largest absolute Gasteiger partial charge is 0.296 e. The predicted molar refractivity (Wildman–Crippen MR) is 54.0 cm³/mol. The van der Waals surface area contributed by atoms with Crippen molar-refractivity contribution in [2.45, 2.75) is 38.4 Å². The van der Waals surface area contributed by atoms with E-state index in [9.17, 15) is 4.79 Å². The number of hydrogen-bond acceptors (Lipinski definition) is 1. The van der Waals surface area contributed by atoms with E-state index in [0.717, 1.165) is 0 Å². The van der Waals surface area contributed by atoms with E-state index in [1.54, 1.807) is 0 Å². The van der Waals surface area contributed by atoms with Gasteiger partial charge in [0, 0.05) is 0 Å². The number of carbonyl (C=O) groups is 1. The van der Waals surface area contributed by atoms with E-state index in [1.807, 2.05) is 27.7 Å². The zero-order chi connectivity index (χ0) is 9.89. The highest BCUT2D eigenvalue weighted by Crippen LogP contribution is 2.19. The third-order valence-electron chi connectivity index (χ3n) is 1.71. The summed E-state index contributed by atoms with van der Waals surface area (Å²) in [4.78, 5) is 11.5. The summed E-state index contributed by atoms with van der Waals surface area (Å²) in [7, 11) is 0. The van der Waals surface area contributed by atoms with Crippen LogP contribution in [0.25, 0.3) is 0 Å². The summed E-state index contributed by atoms with van der Waals surface area (Å²) >= 11 is 11.7. The molecule has 12 heavy (non-hydrogen) atoms. The molecule has 0 heterocycles. The van der Waals surface area contributed by atoms with Gasteiger partial charge in [-0.25, -0.2) is 0 Å². The van der Waals surface area contributed by atoms with Crippen LogP contribution >= 0.6 is 23.2 Å². The molecule has 0 aromatic rings. The molecule has 0 saturated heterocycles. The lowest BCUT2D eigenvalue weighted by Crippen LogP contribution is -2.31. The zero-order valence-corrected chi connectivity index (χ0v) is 9.49. The maximum Gasteiger partial charge on any atom is 0.168 e. The Balaban J connectivity index is 4.19. The number of carbonyl (C=O) groups excluding carboxylic acids is 1. The van der Waals surface area contributed by atoms with Crippen LogP contribution in [0.5, 0.6) is 0 Å². The second-order valence-electron chi connectivity index (χ2n) is 3.69. The Morgan fingerprint density at radius 1 is 0.917 bits per heavy atom. The van der Waals surface area contributed by atoms with E-state index in [0.29, 0.717) is 0 Å². The molecular weight excluding hydrogens is 195 g/mol. The smallest absolute Gasteiger partial charge is 0.168 e. The van der Waals surface area contributed by atoms with Crippen LogP contribution in [0.1, 0.15) is 27.7 Å². The summed E-state index contributed by atoms with van der Waals surface area (Å²) in [6, 6.07) is 0. The van der Waals surface area contributed by atoms with E-state index in [1.165, 1.54) is 0 Å². The number of Topliss-reactive ketones (excluding diaryl/α,β-unsaturated/α-hetero) is 1. The molecule has 0 aromatic heterocycles. The van der Waals surface area contributed by atoms with E-state index < -0.39 is 10.8 Å². The van der Waals surface area contributed by atoms with Crippen molar-refractivity contribution in [1.29, 1.82) is 0 Å². The normalized spacial score (nSPS) is 16.7. The average Bonchev–Trinajstić information content (AvgIpc) is 2.00. The number of halogens is 2. The molecule has 0 aliphatic rings. The molecule has 2 unspecified atom stereocenters. The first-order valence-electron chi connectivity index (χ1n) is 4.19. The predicted octanol–water partition coefficient (Wildman–Crippen LogP) is 3.08. The van der Waals surface area contributed by atoms with Crippen LogP contribution in [0.4, 0.5) is 0 Å². The Morgan fingerprint density at radius 3 is 1.33 bits per heavy atom. The summed E-state index contributed by atoms with van der Waals surface area (Å²) in [5.41, 5.74) is 0. The zero-order valence-electron chi connectivity index (χ0n) is 7.97. The van der Waals surface area contributed by atoms with Gasteiger partial charge in [-0.1, -0.05) is 27.7 Å². The monoisotopic (exact) mass is 210 g/mol. The second kappa shape index (κ2) is 5.08. The molecule has 0 rings (SSSR count). The van der Waals surface area contributed by atoms with Crippen LogP contribution in [-0.2, 0) is 4.79 Å². The lowest BCUT2D eigenvalue weighted by Gasteiger charge is -2.18. The van der Waals surface area contributed by atoms with Crippen LogP contribution in [0.15, 0.2) is 0 Å². The van der Waals surface area contributed by atoms with Gasteiger partial charge < -0.3 is 0 Å². The van der Waals surface area contributed by atoms with Crippen molar-refractivity contribution < 1.29 is 4.79 Å². The SMILES string of the molecule is CC(C)C(Cl)C(=O)C(Cl)C(C)C. The van der Waals surface area contributed by atoms with Gasteiger partial charge in [-0.05, 0) is 11.8 Å². The quantitative estimate of drug-likeness (QED) is 0.653. The van der Waals surface area contributed by atoms with Crippen molar-refractivity contribution in [2.75, 3.05) is 0 Å². The van der Waals surface area contributed by atoms with Gasteiger partial charge in [0.05, 0.1) is 10.8 Å². The molecule has 2 atom stereocenters. The van der Waals surface area contributed by atoms with Gasteiger partial charge >= 0.3 is 0 Å². The van der Waals surface area contributed by atoms with Crippen LogP contribution in [0, 0.1) is 11.8 Å². The number of ketones is 1. The standard InChI is InChI=1S/C9H16Cl2O/c1-5(2)7(10)9(12)8(11)6(3)4/h5-8H,1-4H3. The third kappa shape index (κ3) is 3.32.